The number of halogens is 1. The first-order chi connectivity index (χ1) is 9.60. The third kappa shape index (κ3) is 3.48. The third-order valence-corrected chi connectivity index (χ3v) is 3.00. The molecule has 1 unspecified atom stereocenters. The molecule has 20 heavy (non-hydrogen) atoms. The van der Waals surface area contributed by atoms with Crippen molar-refractivity contribution in [2.24, 2.45) is 0 Å². The van der Waals surface area contributed by atoms with E-state index >= 15 is 0 Å². The normalized spacial score (nSPS) is 11.8. The van der Waals surface area contributed by atoms with E-state index in [1.165, 1.54) is 13.3 Å². The summed E-state index contributed by atoms with van der Waals surface area (Å²) in [4.78, 5) is 15.5. The van der Waals surface area contributed by atoms with E-state index in [1.54, 1.807) is 36.4 Å². The maximum Gasteiger partial charge on any atom is 0.339 e. The number of esters is 1. The molecule has 1 atom stereocenters. The third-order valence-electron chi connectivity index (χ3n) is 2.75. The Balaban J connectivity index is 2.07. The van der Waals surface area contributed by atoms with Gasteiger partial charge in [0.1, 0.15) is 11.9 Å². The number of pyridine rings is 1. The Hall–Kier alpha value is -2.07. The standard InChI is InChI=1S/C15H14ClNO3/c1-10(20-13-6-4-12(16)5-7-13)14-8-3-11(9-17-14)15(18)19-2/h3-10H,1-2H3. The van der Waals surface area contributed by atoms with Crippen LogP contribution in [-0.2, 0) is 4.74 Å². The summed E-state index contributed by atoms with van der Waals surface area (Å²) in [5.74, 6) is 0.302. The number of methoxy groups -OCH3 is 1. The summed E-state index contributed by atoms with van der Waals surface area (Å²) in [5.41, 5.74) is 1.14. The summed E-state index contributed by atoms with van der Waals surface area (Å²) in [6, 6.07) is 10.5. The summed E-state index contributed by atoms with van der Waals surface area (Å²) in [5, 5.41) is 0.658. The average Bonchev–Trinajstić information content (AvgIpc) is 2.49. The largest absolute Gasteiger partial charge is 0.484 e. The van der Waals surface area contributed by atoms with Gasteiger partial charge in [-0.05, 0) is 43.3 Å². The number of nitrogens with zero attached hydrogens (tertiary/aromatic N) is 1. The van der Waals surface area contributed by atoms with Crippen molar-refractivity contribution in [2.75, 3.05) is 7.11 Å². The lowest BCUT2D eigenvalue weighted by Gasteiger charge is -2.14. The molecule has 0 aliphatic carbocycles. The molecule has 0 radical (unpaired) electrons. The highest BCUT2D eigenvalue weighted by atomic mass is 35.5. The van der Waals surface area contributed by atoms with E-state index in [2.05, 4.69) is 9.72 Å². The first-order valence-electron chi connectivity index (χ1n) is 6.06. The number of aromatic nitrogens is 1. The first kappa shape index (κ1) is 14.3. The summed E-state index contributed by atoms with van der Waals surface area (Å²) in [6.45, 7) is 1.88. The number of hydrogen-bond donors (Lipinski definition) is 0. The molecule has 0 N–H and O–H groups in total. The molecule has 0 saturated heterocycles. The van der Waals surface area contributed by atoms with Crippen molar-refractivity contribution in [2.45, 2.75) is 13.0 Å². The molecule has 0 spiro atoms. The number of rotatable bonds is 4. The van der Waals surface area contributed by atoms with Crippen LogP contribution in [0.4, 0.5) is 0 Å². The van der Waals surface area contributed by atoms with Crippen molar-refractivity contribution in [3.05, 3.63) is 58.9 Å². The maximum absolute atomic E-state index is 11.3. The minimum atomic E-state index is -0.407. The fourth-order valence-corrected chi connectivity index (χ4v) is 1.79. The van der Waals surface area contributed by atoms with Gasteiger partial charge in [0.25, 0.3) is 0 Å². The molecule has 1 aromatic carbocycles. The van der Waals surface area contributed by atoms with Gasteiger partial charge in [0, 0.05) is 11.2 Å². The quantitative estimate of drug-likeness (QED) is 0.807. The van der Waals surface area contributed by atoms with Crippen LogP contribution >= 0.6 is 11.6 Å². The highest BCUT2D eigenvalue weighted by Crippen LogP contribution is 2.22. The number of carbonyl (C=O) groups is 1. The second-order valence-electron chi connectivity index (χ2n) is 4.18. The van der Waals surface area contributed by atoms with E-state index in [0.29, 0.717) is 16.3 Å². The van der Waals surface area contributed by atoms with E-state index in [-0.39, 0.29) is 6.10 Å². The zero-order valence-electron chi connectivity index (χ0n) is 11.2. The van der Waals surface area contributed by atoms with Crippen molar-refractivity contribution in [3.8, 4) is 5.75 Å². The lowest BCUT2D eigenvalue weighted by Crippen LogP contribution is -2.07. The number of benzene rings is 1. The molecule has 0 bridgehead atoms. The second-order valence-corrected chi connectivity index (χ2v) is 4.61. The van der Waals surface area contributed by atoms with Gasteiger partial charge in [-0.25, -0.2) is 4.79 Å². The van der Waals surface area contributed by atoms with Crippen molar-refractivity contribution in [1.82, 2.24) is 4.98 Å². The van der Waals surface area contributed by atoms with Gasteiger partial charge in [0.2, 0.25) is 0 Å². The Kier molecular flexibility index (Phi) is 4.58. The minimum absolute atomic E-state index is 0.233. The summed E-state index contributed by atoms with van der Waals surface area (Å²) in [6.07, 6.45) is 1.24. The number of hydrogen-bond acceptors (Lipinski definition) is 4. The molecule has 2 aromatic rings. The lowest BCUT2D eigenvalue weighted by atomic mass is 10.2. The van der Waals surface area contributed by atoms with Gasteiger partial charge in [-0.2, -0.15) is 0 Å². The van der Waals surface area contributed by atoms with Crippen LogP contribution in [0, 0.1) is 0 Å². The fourth-order valence-electron chi connectivity index (χ4n) is 1.66. The molecule has 0 aliphatic rings. The zero-order valence-corrected chi connectivity index (χ0v) is 11.9. The van der Waals surface area contributed by atoms with Gasteiger partial charge >= 0.3 is 5.97 Å². The van der Waals surface area contributed by atoms with Gasteiger partial charge in [0.15, 0.2) is 0 Å². The maximum atomic E-state index is 11.3. The van der Waals surface area contributed by atoms with Gasteiger partial charge in [-0.1, -0.05) is 11.6 Å². The molecule has 0 saturated carbocycles. The number of carbonyl (C=O) groups excluding carboxylic acids is 1. The average molecular weight is 292 g/mol. The van der Waals surface area contributed by atoms with Crippen molar-refractivity contribution in [1.29, 1.82) is 0 Å². The van der Waals surface area contributed by atoms with Gasteiger partial charge in [-0.3, -0.25) is 4.98 Å². The van der Waals surface area contributed by atoms with Crippen LogP contribution < -0.4 is 4.74 Å². The first-order valence-corrected chi connectivity index (χ1v) is 6.44. The SMILES string of the molecule is COC(=O)c1ccc(C(C)Oc2ccc(Cl)cc2)nc1. The summed E-state index contributed by atoms with van der Waals surface area (Å²) < 4.78 is 10.4. The Morgan fingerprint density at radius 2 is 1.90 bits per heavy atom. The van der Waals surface area contributed by atoms with E-state index in [0.717, 1.165) is 5.69 Å². The molecular formula is C15H14ClNO3. The van der Waals surface area contributed by atoms with Crippen LogP contribution in [0.3, 0.4) is 0 Å². The smallest absolute Gasteiger partial charge is 0.339 e. The van der Waals surface area contributed by atoms with E-state index in [4.69, 9.17) is 16.3 Å². The van der Waals surface area contributed by atoms with Crippen LogP contribution in [0.5, 0.6) is 5.75 Å². The zero-order chi connectivity index (χ0) is 14.5. The monoisotopic (exact) mass is 291 g/mol. The molecule has 1 aromatic heterocycles. The van der Waals surface area contributed by atoms with E-state index in [1.807, 2.05) is 6.92 Å². The van der Waals surface area contributed by atoms with Gasteiger partial charge in [0.05, 0.1) is 18.4 Å². The summed E-state index contributed by atoms with van der Waals surface area (Å²) >= 11 is 5.81. The van der Waals surface area contributed by atoms with Gasteiger partial charge < -0.3 is 9.47 Å². The van der Waals surface area contributed by atoms with Crippen LogP contribution in [0.2, 0.25) is 5.02 Å². The topological polar surface area (TPSA) is 48.4 Å². The molecule has 5 heteroatoms. The van der Waals surface area contributed by atoms with Crippen LogP contribution in [0.15, 0.2) is 42.6 Å². The second kappa shape index (κ2) is 6.39. The predicted molar refractivity (Wildman–Crippen MR) is 76.1 cm³/mol. The van der Waals surface area contributed by atoms with E-state index in [9.17, 15) is 4.79 Å². The Morgan fingerprint density at radius 3 is 2.45 bits per heavy atom. The van der Waals surface area contributed by atoms with Crippen molar-refractivity contribution in [3.63, 3.8) is 0 Å². The Bertz CT molecular complexity index is 581. The molecular weight excluding hydrogens is 278 g/mol. The molecule has 0 fully saturated rings. The Morgan fingerprint density at radius 1 is 1.20 bits per heavy atom. The fraction of sp³-hybridized carbons (Fsp3) is 0.200. The molecule has 104 valence electrons. The van der Waals surface area contributed by atoms with Crippen LogP contribution in [0.1, 0.15) is 29.1 Å². The Labute approximate surface area is 122 Å². The van der Waals surface area contributed by atoms with Crippen molar-refractivity contribution < 1.29 is 14.3 Å². The molecule has 4 nitrogen and oxygen atoms in total. The highest BCUT2D eigenvalue weighted by molar-refractivity contribution is 6.30. The van der Waals surface area contributed by atoms with E-state index < -0.39 is 5.97 Å². The van der Waals surface area contributed by atoms with Crippen LogP contribution in [-0.4, -0.2) is 18.1 Å². The highest BCUT2D eigenvalue weighted by Gasteiger charge is 2.11. The predicted octanol–water partition coefficient (Wildman–Crippen LogP) is 3.66. The number of ether oxygens (including phenoxy) is 2. The molecule has 0 aliphatic heterocycles. The molecule has 2 rings (SSSR count). The summed E-state index contributed by atoms with van der Waals surface area (Å²) in [7, 11) is 1.34. The van der Waals surface area contributed by atoms with Crippen LogP contribution in [0.25, 0.3) is 0 Å². The molecule has 0 amide bonds. The van der Waals surface area contributed by atoms with Gasteiger partial charge in [-0.15, -0.1) is 0 Å². The minimum Gasteiger partial charge on any atom is -0.484 e. The lowest BCUT2D eigenvalue weighted by molar-refractivity contribution is 0.0600. The molecule has 1 heterocycles. The van der Waals surface area contributed by atoms with Crippen molar-refractivity contribution >= 4 is 17.6 Å².